The predicted octanol–water partition coefficient (Wildman–Crippen LogP) is 2.81. The average Bonchev–Trinajstić information content (AvgIpc) is 2.35. The van der Waals surface area contributed by atoms with Crippen molar-refractivity contribution in [3.05, 3.63) is 39.4 Å². The largest absolute Gasteiger partial charge is 0.272 e. The molecule has 0 aromatic heterocycles. The van der Waals surface area contributed by atoms with Gasteiger partial charge in [0.1, 0.15) is 0 Å². The van der Waals surface area contributed by atoms with Crippen LogP contribution in [0.25, 0.3) is 0 Å². The van der Waals surface area contributed by atoms with Gasteiger partial charge in [-0.05, 0) is 32.4 Å². The number of aryl methyl sites for hydroxylation is 1. The van der Waals surface area contributed by atoms with Gasteiger partial charge in [0.2, 0.25) is 0 Å². The zero-order chi connectivity index (χ0) is 14.4. The SMILES string of the molecule is CCC/C(C)=N\NC(=O)c1ccc([N+](=O)[O-])c(C)c1. The fourth-order valence-electron chi connectivity index (χ4n) is 1.63. The number of amides is 1. The first kappa shape index (κ1) is 14.8. The molecule has 0 aliphatic rings. The molecule has 0 unspecified atom stereocenters. The van der Waals surface area contributed by atoms with E-state index in [1.807, 2.05) is 13.8 Å². The summed E-state index contributed by atoms with van der Waals surface area (Å²) in [6, 6.07) is 4.23. The molecule has 1 rings (SSSR count). The maximum atomic E-state index is 11.8. The van der Waals surface area contributed by atoms with Crippen LogP contribution in [0.4, 0.5) is 5.69 Å². The fraction of sp³-hybridized carbons (Fsp3) is 0.385. The van der Waals surface area contributed by atoms with Crippen LogP contribution >= 0.6 is 0 Å². The van der Waals surface area contributed by atoms with E-state index in [4.69, 9.17) is 0 Å². The highest BCUT2D eigenvalue weighted by Crippen LogP contribution is 2.18. The molecule has 19 heavy (non-hydrogen) atoms. The Morgan fingerprint density at radius 3 is 2.68 bits per heavy atom. The molecule has 1 N–H and O–H groups in total. The monoisotopic (exact) mass is 263 g/mol. The molecule has 1 amide bonds. The second kappa shape index (κ2) is 6.63. The molecule has 6 nitrogen and oxygen atoms in total. The van der Waals surface area contributed by atoms with Crippen molar-refractivity contribution in [3.63, 3.8) is 0 Å². The second-order valence-corrected chi connectivity index (χ2v) is 4.30. The first-order valence-electron chi connectivity index (χ1n) is 6.04. The fourth-order valence-corrected chi connectivity index (χ4v) is 1.63. The lowest BCUT2D eigenvalue weighted by Gasteiger charge is -2.03. The van der Waals surface area contributed by atoms with Crippen LogP contribution in [0.2, 0.25) is 0 Å². The van der Waals surface area contributed by atoms with Gasteiger partial charge >= 0.3 is 0 Å². The Bertz CT molecular complexity index is 524. The van der Waals surface area contributed by atoms with Crippen LogP contribution in [0, 0.1) is 17.0 Å². The molecule has 0 saturated carbocycles. The topological polar surface area (TPSA) is 84.6 Å². The van der Waals surface area contributed by atoms with Crippen LogP contribution in [0.5, 0.6) is 0 Å². The summed E-state index contributed by atoms with van der Waals surface area (Å²) in [5.41, 5.74) is 4.09. The van der Waals surface area contributed by atoms with Crippen LogP contribution < -0.4 is 5.43 Å². The summed E-state index contributed by atoms with van der Waals surface area (Å²) in [5.74, 6) is -0.367. The van der Waals surface area contributed by atoms with Crippen molar-refractivity contribution in [2.45, 2.75) is 33.6 Å². The molecular weight excluding hydrogens is 246 g/mol. The summed E-state index contributed by atoms with van der Waals surface area (Å²) in [5, 5.41) is 14.6. The minimum Gasteiger partial charge on any atom is -0.267 e. The number of benzene rings is 1. The Morgan fingerprint density at radius 2 is 2.16 bits per heavy atom. The summed E-state index contributed by atoms with van der Waals surface area (Å²) in [6.45, 7) is 5.46. The number of hydrogen-bond donors (Lipinski definition) is 1. The molecule has 0 aliphatic carbocycles. The first-order valence-corrected chi connectivity index (χ1v) is 6.04. The van der Waals surface area contributed by atoms with Gasteiger partial charge in [-0.25, -0.2) is 5.43 Å². The summed E-state index contributed by atoms with van der Waals surface area (Å²) >= 11 is 0. The van der Waals surface area contributed by atoms with E-state index in [2.05, 4.69) is 10.5 Å². The molecule has 102 valence electrons. The molecule has 0 spiro atoms. The number of hydrazone groups is 1. The predicted molar refractivity (Wildman–Crippen MR) is 73.3 cm³/mol. The van der Waals surface area contributed by atoms with Crippen molar-refractivity contribution in [2.75, 3.05) is 0 Å². The highest BCUT2D eigenvalue weighted by atomic mass is 16.6. The van der Waals surface area contributed by atoms with E-state index in [-0.39, 0.29) is 11.6 Å². The van der Waals surface area contributed by atoms with E-state index in [1.54, 1.807) is 6.92 Å². The lowest BCUT2D eigenvalue weighted by atomic mass is 10.1. The molecule has 0 atom stereocenters. The van der Waals surface area contributed by atoms with Crippen molar-refractivity contribution in [2.24, 2.45) is 5.10 Å². The standard InChI is InChI=1S/C13H17N3O3/c1-4-5-10(3)14-15-13(17)11-6-7-12(16(18)19)9(2)8-11/h6-8H,4-5H2,1-3H3,(H,15,17)/b14-10-. The Hall–Kier alpha value is -2.24. The number of nitro groups is 1. The van der Waals surface area contributed by atoms with Crippen LogP contribution in [0.1, 0.15) is 42.6 Å². The van der Waals surface area contributed by atoms with E-state index in [0.717, 1.165) is 18.6 Å². The zero-order valence-electron chi connectivity index (χ0n) is 11.3. The van der Waals surface area contributed by atoms with Gasteiger partial charge in [-0.2, -0.15) is 5.10 Å². The third-order valence-corrected chi connectivity index (χ3v) is 2.62. The van der Waals surface area contributed by atoms with E-state index < -0.39 is 4.92 Å². The lowest BCUT2D eigenvalue weighted by Crippen LogP contribution is -2.19. The number of nitrogens with one attached hydrogen (secondary N) is 1. The van der Waals surface area contributed by atoms with Crippen molar-refractivity contribution < 1.29 is 9.72 Å². The Kier molecular flexibility index (Phi) is 5.17. The molecule has 0 saturated heterocycles. The summed E-state index contributed by atoms with van der Waals surface area (Å²) in [7, 11) is 0. The van der Waals surface area contributed by atoms with Gasteiger partial charge < -0.3 is 0 Å². The highest BCUT2D eigenvalue weighted by molar-refractivity contribution is 5.95. The van der Waals surface area contributed by atoms with Crippen molar-refractivity contribution in [1.82, 2.24) is 5.43 Å². The number of carbonyl (C=O) groups is 1. The molecule has 0 fully saturated rings. The number of nitrogens with zero attached hydrogens (tertiary/aromatic N) is 2. The van der Waals surface area contributed by atoms with E-state index in [1.165, 1.54) is 18.2 Å². The summed E-state index contributed by atoms with van der Waals surface area (Å²) in [4.78, 5) is 22.0. The van der Waals surface area contributed by atoms with Gasteiger partial charge in [-0.1, -0.05) is 13.3 Å². The maximum Gasteiger partial charge on any atom is 0.272 e. The van der Waals surface area contributed by atoms with Crippen LogP contribution in [-0.2, 0) is 0 Å². The van der Waals surface area contributed by atoms with Crippen molar-refractivity contribution in [3.8, 4) is 0 Å². The molecule has 0 aliphatic heterocycles. The van der Waals surface area contributed by atoms with Gasteiger partial charge in [-0.3, -0.25) is 14.9 Å². The minimum absolute atomic E-state index is 0.00205. The molecule has 1 aromatic rings. The van der Waals surface area contributed by atoms with Gasteiger partial charge in [0.15, 0.2) is 0 Å². The van der Waals surface area contributed by atoms with Gasteiger partial charge in [0.25, 0.3) is 11.6 Å². The molecule has 0 radical (unpaired) electrons. The third kappa shape index (κ3) is 4.17. The Labute approximate surface area is 111 Å². The minimum atomic E-state index is -0.472. The van der Waals surface area contributed by atoms with Crippen molar-refractivity contribution in [1.29, 1.82) is 0 Å². The third-order valence-electron chi connectivity index (χ3n) is 2.62. The van der Waals surface area contributed by atoms with Gasteiger partial charge in [0.05, 0.1) is 4.92 Å². The smallest absolute Gasteiger partial charge is 0.267 e. The number of nitro benzene ring substituents is 1. The van der Waals surface area contributed by atoms with Crippen LogP contribution in [0.3, 0.4) is 0 Å². The molecule has 6 heteroatoms. The number of hydrogen-bond acceptors (Lipinski definition) is 4. The van der Waals surface area contributed by atoms with Crippen LogP contribution in [-0.4, -0.2) is 16.5 Å². The van der Waals surface area contributed by atoms with Crippen LogP contribution in [0.15, 0.2) is 23.3 Å². The van der Waals surface area contributed by atoms with Gasteiger partial charge in [0, 0.05) is 22.9 Å². The van der Waals surface area contributed by atoms with E-state index in [9.17, 15) is 14.9 Å². The average molecular weight is 263 g/mol. The normalized spacial score (nSPS) is 11.2. The molecular formula is C13H17N3O3. The van der Waals surface area contributed by atoms with E-state index >= 15 is 0 Å². The maximum absolute atomic E-state index is 11.8. The molecule has 0 heterocycles. The molecule has 1 aromatic carbocycles. The van der Waals surface area contributed by atoms with Crippen molar-refractivity contribution >= 4 is 17.3 Å². The first-order chi connectivity index (χ1) is 8.95. The quantitative estimate of drug-likeness (QED) is 0.503. The summed E-state index contributed by atoms with van der Waals surface area (Å²) < 4.78 is 0. The number of carbonyl (C=O) groups excluding carboxylic acids is 1. The number of rotatable bonds is 5. The highest BCUT2D eigenvalue weighted by Gasteiger charge is 2.13. The lowest BCUT2D eigenvalue weighted by molar-refractivity contribution is -0.385. The Balaban J connectivity index is 2.81. The summed E-state index contributed by atoms with van der Waals surface area (Å²) in [6.07, 6.45) is 1.78. The van der Waals surface area contributed by atoms with Gasteiger partial charge in [-0.15, -0.1) is 0 Å². The van der Waals surface area contributed by atoms with E-state index in [0.29, 0.717) is 11.1 Å². The Morgan fingerprint density at radius 1 is 1.47 bits per heavy atom. The second-order valence-electron chi connectivity index (χ2n) is 4.30. The zero-order valence-corrected chi connectivity index (χ0v) is 11.3. The molecule has 0 bridgehead atoms.